The van der Waals surface area contributed by atoms with Crippen molar-refractivity contribution in [2.24, 2.45) is 17.8 Å². The zero-order chi connectivity index (χ0) is 25.2. The molecule has 2 aliphatic heterocycles. The summed E-state index contributed by atoms with van der Waals surface area (Å²) in [5.74, 6) is 1.35. The van der Waals surface area contributed by atoms with Gasteiger partial charge in [-0.2, -0.15) is 0 Å². The van der Waals surface area contributed by atoms with Crippen molar-refractivity contribution >= 4 is 11.8 Å². The molecule has 2 amide bonds. The van der Waals surface area contributed by atoms with E-state index in [9.17, 15) is 14.4 Å². The Morgan fingerprint density at radius 3 is 2.33 bits per heavy atom. The number of hydrogen-bond acceptors (Lipinski definition) is 4. The number of H-pyrrole nitrogens is 1. The maximum atomic E-state index is 13.2. The molecule has 7 heteroatoms. The molecule has 3 fully saturated rings. The van der Waals surface area contributed by atoms with Crippen LogP contribution in [0.5, 0.6) is 0 Å². The molecule has 1 aromatic heterocycles. The molecule has 192 valence electrons. The molecule has 1 saturated carbocycles. The number of nitrogens with zero attached hydrogens (tertiary/aromatic N) is 2. The number of fused-ring (bicyclic) bond motifs is 1. The maximum absolute atomic E-state index is 13.2. The summed E-state index contributed by atoms with van der Waals surface area (Å²) in [4.78, 5) is 45.1. The SMILES string of the molecule is Cc1cc(=O)[nH]c(C)c1C(=O)N1CC2CN(CCC(NC(=O)C3CCCC3)c3ccccc3)C[C@H]2C1. The number of aromatic nitrogens is 1. The van der Waals surface area contributed by atoms with Gasteiger partial charge < -0.3 is 20.1 Å². The summed E-state index contributed by atoms with van der Waals surface area (Å²) in [7, 11) is 0. The van der Waals surface area contributed by atoms with E-state index in [0.29, 0.717) is 23.1 Å². The first-order valence-electron chi connectivity index (χ1n) is 13.5. The third-order valence-corrected chi connectivity index (χ3v) is 8.47. The molecule has 0 radical (unpaired) electrons. The molecule has 3 aliphatic rings. The molecule has 2 aromatic rings. The lowest BCUT2D eigenvalue weighted by Crippen LogP contribution is -2.37. The molecular formula is C29H38N4O3. The first-order chi connectivity index (χ1) is 17.4. The molecule has 36 heavy (non-hydrogen) atoms. The molecule has 3 heterocycles. The minimum absolute atomic E-state index is 0.0287. The van der Waals surface area contributed by atoms with E-state index >= 15 is 0 Å². The van der Waals surface area contributed by atoms with Crippen LogP contribution in [-0.4, -0.2) is 59.3 Å². The number of likely N-dealkylation sites (tertiary alicyclic amines) is 2. The summed E-state index contributed by atoms with van der Waals surface area (Å²) in [6, 6.07) is 11.9. The standard InChI is InChI=1S/C29H38N4O3/c1-19-14-26(34)30-20(2)27(19)29(36)33-17-23-15-32(16-24(23)18-33)13-12-25(21-8-4-3-5-9-21)31-28(35)22-10-6-7-11-22/h3-5,8-9,14,22-25H,6-7,10-13,15-18H2,1-2H3,(H,30,34)(H,31,35)/t23-,24?,25?/m0/s1. The first-order valence-corrected chi connectivity index (χ1v) is 13.5. The van der Waals surface area contributed by atoms with Crippen LogP contribution < -0.4 is 10.9 Å². The fraction of sp³-hybridized carbons (Fsp3) is 0.552. The second kappa shape index (κ2) is 10.6. The Morgan fingerprint density at radius 1 is 1.03 bits per heavy atom. The van der Waals surface area contributed by atoms with Gasteiger partial charge in [-0.15, -0.1) is 0 Å². The van der Waals surface area contributed by atoms with Crippen molar-refractivity contribution in [2.45, 2.75) is 52.0 Å². The third-order valence-electron chi connectivity index (χ3n) is 8.47. The second-order valence-electron chi connectivity index (χ2n) is 11.0. The Hall–Kier alpha value is -2.93. The van der Waals surface area contributed by atoms with Crippen molar-refractivity contribution in [3.8, 4) is 0 Å². The highest BCUT2D eigenvalue weighted by atomic mass is 16.2. The maximum Gasteiger partial charge on any atom is 0.255 e. The number of aromatic amines is 1. The molecule has 1 aliphatic carbocycles. The van der Waals surface area contributed by atoms with E-state index in [2.05, 4.69) is 27.3 Å². The summed E-state index contributed by atoms with van der Waals surface area (Å²) in [6.45, 7) is 8.06. The van der Waals surface area contributed by atoms with Crippen LogP contribution in [0, 0.1) is 31.6 Å². The predicted octanol–water partition coefficient (Wildman–Crippen LogP) is 3.43. The third kappa shape index (κ3) is 5.26. The van der Waals surface area contributed by atoms with Crippen LogP contribution >= 0.6 is 0 Å². The van der Waals surface area contributed by atoms with Gasteiger partial charge in [-0.1, -0.05) is 43.2 Å². The van der Waals surface area contributed by atoms with E-state index in [1.54, 1.807) is 6.92 Å². The summed E-state index contributed by atoms with van der Waals surface area (Å²) in [6.07, 6.45) is 5.23. The van der Waals surface area contributed by atoms with E-state index in [1.807, 2.05) is 30.0 Å². The Kier molecular flexibility index (Phi) is 7.28. The molecule has 5 rings (SSSR count). The number of hydrogen-bond donors (Lipinski definition) is 2. The Labute approximate surface area is 213 Å². The highest BCUT2D eigenvalue weighted by molar-refractivity contribution is 5.96. The minimum Gasteiger partial charge on any atom is -0.349 e. The van der Waals surface area contributed by atoms with E-state index in [1.165, 1.54) is 11.6 Å². The van der Waals surface area contributed by atoms with Gasteiger partial charge in [0, 0.05) is 50.4 Å². The molecule has 0 bridgehead atoms. The minimum atomic E-state index is -0.163. The first kappa shape index (κ1) is 24.8. The van der Waals surface area contributed by atoms with Crippen LogP contribution in [0.2, 0.25) is 0 Å². The van der Waals surface area contributed by atoms with Gasteiger partial charge in [0.2, 0.25) is 11.5 Å². The normalized spacial score (nSPS) is 23.1. The number of nitrogens with one attached hydrogen (secondary N) is 2. The summed E-state index contributed by atoms with van der Waals surface area (Å²) < 4.78 is 0. The smallest absolute Gasteiger partial charge is 0.255 e. The number of aryl methyl sites for hydroxylation is 2. The highest BCUT2D eigenvalue weighted by Crippen LogP contribution is 2.33. The Balaban J connectivity index is 1.17. The van der Waals surface area contributed by atoms with Crippen LogP contribution in [0.4, 0.5) is 0 Å². The number of rotatable bonds is 7. The fourth-order valence-corrected chi connectivity index (χ4v) is 6.57. The van der Waals surface area contributed by atoms with Crippen LogP contribution in [0.15, 0.2) is 41.2 Å². The van der Waals surface area contributed by atoms with E-state index in [-0.39, 0.29) is 29.3 Å². The Bertz CT molecular complexity index is 1110. The van der Waals surface area contributed by atoms with Gasteiger partial charge in [0.15, 0.2) is 0 Å². The zero-order valence-corrected chi connectivity index (χ0v) is 21.5. The predicted molar refractivity (Wildman–Crippen MR) is 140 cm³/mol. The fourth-order valence-electron chi connectivity index (χ4n) is 6.57. The van der Waals surface area contributed by atoms with Crippen LogP contribution in [0.3, 0.4) is 0 Å². The number of carbonyl (C=O) groups excluding carboxylic acids is 2. The topological polar surface area (TPSA) is 85.5 Å². The van der Waals surface area contributed by atoms with E-state index in [4.69, 9.17) is 0 Å². The lowest BCUT2D eigenvalue weighted by Gasteiger charge is -2.26. The van der Waals surface area contributed by atoms with Gasteiger partial charge in [-0.3, -0.25) is 14.4 Å². The van der Waals surface area contributed by atoms with Crippen LogP contribution in [0.25, 0.3) is 0 Å². The van der Waals surface area contributed by atoms with E-state index < -0.39 is 0 Å². The Morgan fingerprint density at radius 2 is 1.69 bits per heavy atom. The van der Waals surface area contributed by atoms with Gasteiger partial charge in [-0.05, 0) is 56.1 Å². The van der Waals surface area contributed by atoms with Gasteiger partial charge >= 0.3 is 0 Å². The number of pyridine rings is 1. The van der Waals surface area contributed by atoms with Crippen molar-refractivity contribution in [2.75, 3.05) is 32.7 Å². The summed E-state index contributed by atoms with van der Waals surface area (Å²) >= 11 is 0. The quantitative estimate of drug-likeness (QED) is 0.623. The van der Waals surface area contributed by atoms with Crippen molar-refractivity contribution in [3.05, 3.63) is 69.1 Å². The van der Waals surface area contributed by atoms with Crippen molar-refractivity contribution in [1.29, 1.82) is 0 Å². The average Bonchev–Trinajstić information content (AvgIpc) is 3.58. The van der Waals surface area contributed by atoms with Crippen molar-refractivity contribution < 1.29 is 9.59 Å². The number of amides is 2. The lowest BCUT2D eigenvalue weighted by atomic mass is 10.0. The highest BCUT2D eigenvalue weighted by Gasteiger charge is 2.42. The van der Waals surface area contributed by atoms with Crippen LogP contribution in [-0.2, 0) is 4.79 Å². The monoisotopic (exact) mass is 490 g/mol. The largest absolute Gasteiger partial charge is 0.349 e. The van der Waals surface area contributed by atoms with Crippen molar-refractivity contribution in [3.63, 3.8) is 0 Å². The molecule has 7 nitrogen and oxygen atoms in total. The summed E-state index contributed by atoms with van der Waals surface area (Å²) in [5, 5.41) is 3.36. The average molecular weight is 491 g/mol. The number of benzene rings is 1. The zero-order valence-electron chi connectivity index (χ0n) is 21.5. The van der Waals surface area contributed by atoms with Gasteiger partial charge in [0.05, 0.1) is 11.6 Å². The molecule has 3 atom stereocenters. The molecule has 0 spiro atoms. The lowest BCUT2D eigenvalue weighted by molar-refractivity contribution is -0.125. The number of carbonyl (C=O) groups is 2. The van der Waals surface area contributed by atoms with Crippen LogP contribution in [0.1, 0.15) is 65.3 Å². The molecule has 2 N–H and O–H groups in total. The van der Waals surface area contributed by atoms with Gasteiger partial charge in [0.25, 0.3) is 5.91 Å². The second-order valence-corrected chi connectivity index (χ2v) is 11.0. The van der Waals surface area contributed by atoms with Gasteiger partial charge in [-0.25, -0.2) is 0 Å². The molecule has 2 unspecified atom stereocenters. The van der Waals surface area contributed by atoms with Gasteiger partial charge in [0.1, 0.15) is 0 Å². The molecule has 1 aromatic carbocycles. The van der Waals surface area contributed by atoms with Crippen molar-refractivity contribution in [1.82, 2.24) is 20.1 Å². The van der Waals surface area contributed by atoms with E-state index in [0.717, 1.165) is 70.4 Å². The summed E-state index contributed by atoms with van der Waals surface area (Å²) in [5.41, 5.74) is 3.03. The molecule has 2 saturated heterocycles. The molecular weight excluding hydrogens is 452 g/mol.